The molecule has 1 aliphatic heterocycles. The lowest BCUT2D eigenvalue weighted by molar-refractivity contribution is -0.169. The molecule has 0 amide bonds. The maximum absolute atomic E-state index is 13.0. The molecule has 2 aliphatic carbocycles. The van der Waals surface area contributed by atoms with Gasteiger partial charge in [0.15, 0.2) is 17.7 Å². The van der Waals surface area contributed by atoms with Gasteiger partial charge in [-0.25, -0.2) is 0 Å². The average Bonchev–Trinajstić information content (AvgIpc) is 3.42. The molecule has 0 unspecified atom stereocenters. The van der Waals surface area contributed by atoms with Gasteiger partial charge < -0.3 is 14.9 Å². The van der Waals surface area contributed by atoms with Gasteiger partial charge in [0.25, 0.3) is 0 Å². The molecule has 0 aromatic carbocycles. The number of aldehydes is 1. The molecule has 0 bridgehead atoms. The number of ketones is 2. The summed E-state index contributed by atoms with van der Waals surface area (Å²) >= 11 is 0. The van der Waals surface area contributed by atoms with Gasteiger partial charge in [0, 0.05) is 0 Å². The number of ether oxygens (including phenoxy) is 1. The fourth-order valence-corrected chi connectivity index (χ4v) is 5.40. The van der Waals surface area contributed by atoms with E-state index in [9.17, 15) is 24.6 Å². The Morgan fingerprint density at radius 3 is 2.62 bits per heavy atom. The van der Waals surface area contributed by atoms with Crippen LogP contribution in [0.3, 0.4) is 0 Å². The van der Waals surface area contributed by atoms with Gasteiger partial charge in [0.05, 0.1) is 18.1 Å². The summed E-state index contributed by atoms with van der Waals surface area (Å²) in [4.78, 5) is 35.8. The van der Waals surface area contributed by atoms with Crippen LogP contribution < -0.4 is 0 Å². The summed E-state index contributed by atoms with van der Waals surface area (Å²) in [7, 11) is 0. The van der Waals surface area contributed by atoms with E-state index < -0.39 is 34.4 Å². The molecule has 144 valence electrons. The van der Waals surface area contributed by atoms with Crippen molar-refractivity contribution in [3.05, 3.63) is 11.6 Å². The minimum absolute atomic E-state index is 0.0263. The van der Waals surface area contributed by atoms with Crippen molar-refractivity contribution in [3.63, 3.8) is 0 Å². The summed E-state index contributed by atoms with van der Waals surface area (Å²) in [6.07, 6.45) is 1.76. The van der Waals surface area contributed by atoms with E-state index in [-0.39, 0.29) is 36.9 Å². The Bertz CT molecular complexity index is 678. The summed E-state index contributed by atoms with van der Waals surface area (Å²) in [6.45, 7) is 7.62. The molecular weight excluding hydrogens is 336 g/mol. The van der Waals surface area contributed by atoms with E-state index in [2.05, 4.69) is 6.08 Å². The lowest BCUT2D eigenvalue weighted by Crippen LogP contribution is -2.62. The minimum Gasteiger partial charge on any atom is -0.389 e. The largest absolute Gasteiger partial charge is 0.389 e. The number of allylic oxidation sites excluding steroid dienone is 2. The zero-order valence-electron chi connectivity index (χ0n) is 15.8. The molecule has 1 heterocycles. The molecule has 2 N–H and O–H groups in total. The Balaban J connectivity index is 1.99. The molecule has 26 heavy (non-hydrogen) atoms. The van der Waals surface area contributed by atoms with Gasteiger partial charge >= 0.3 is 0 Å². The van der Waals surface area contributed by atoms with Crippen molar-refractivity contribution in [3.8, 4) is 0 Å². The maximum Gasteiger partial charge on any atom is 0.231 e. The van der Waals surface area contributed by atoms with Crippen molar-refractivity contribution in [2.45, 2.75) is 64.8 Å². The van der Waals surface area contributed by atoms with E-state index in [4.69, 9.17) is 4.74 Å². The maximum atomic E-state index is 13.0. The van der Waals surface area contributed by atoms with Gasteiger partial charge in [0.1, 0.15) is 6.10 Å². The number of carbonyl (C=O) groups is 3. The zero-order valence-corrected chi connectivity index (χ0v) is 15.8. The number of epoxide rings is 1. The number of fused-ring (bicyclic) bond motifs is 1. The third-order valence-corrected chi connectivity index (χ3v) is 7.66. The monoisotopic (exact) mass is 364 g/mol. The van der Waals surface area contributed by atoms with E-state index in [0.717, 1.165) is 18.4 Å². The predicted octanol–water partition coefficient (Wildman–Crippen LogP) is 1.22. The van der Waals surface area contributed by atoms with E-state index in [0.29, 0.717) is 0 Å². The zero-order chi connectivity index (χ0) is 19.5. The Labute approximate surface area is 153 Å². The number of hydrogen-bond donors (Lipinski definition) is 2. The molecule has 0 aromatic heterocycles. The highest BCUT2D eigenvalue weighted by Gasteiger charge is 2.65. The van der Waals surface area contributed by atoms with Crippen molar-refractivity contribution in [2.24, 2.45) is 22.7 Å². The van der Waals surface area contributed by atoms with Crippen LogP contribution in [-0.2, 0) is 19.1 Å². The molecule has 1 saturated heterocycles. The van der Waals surface area contributed by atoms with Gasteiger partial charge in [0.2, 0.25) is 5.78 Å². The third-order valence-electron chi connectivity index (χ3n) is 7.66. The van der Waals surface area contributed by atoms with Crippen molar-refractivity contribution in [1.29, 1.82) is 0 Å². The Morgan fingerprint density at radius 2 is 2.08 bits per heavy atom. The second kappa shape index (κ2) is 6.08. The van der Waals surface area contributed by atoms with Crippen LogP contribution in [-0.4, -0.2) is 52.5 Å². The highest BCUT2D eigenvalue weighted by atomic mass is 16.6. The third kappa shape index (κ3) is 2.38. The van der Waals surface area contributed by atoms with Crippen molar-refractivity contribution in [2.75, 3.05) is 6.61 Å². The van der Waals surface area contributed by atoms with E-state index in [1.54, 1.807) is 0 Å². The smallest absolute Gasteiger partial charge is 0.231 e. The fourth-order valence-electron chi connectivity index (χ4n) is 5.40. The van der Waals surface area contributed by atoms with Gasteiger partial charge in [-0.3, -0.25) is 14.4 Å². The first kappa shape index (κ1) is 19.4. The fraction of sp³-hybridized carbons (Fsp3) is 0.750. The minimum atomic E-state index is -1.45. The number of aliphatic hydroxyl groups excluding tert-OH is 2. The highest BCUT2D eigenvalue weighted by molar-refractivity contribution is 6.30. The molecule has 7 atom stereocenters. The van der Waals surface area contributed by atoms with Crippen molar-refractivity contribution in [1.82, 2.24) is 0 Å². The molecule has 2 fully saturated rings. The highest BCUT2D eigenvalue weighted by Crippen LogP contribution is 2.61. The second-order valence-electron chi connectivity index (χ2n) is 8.70. The molecule has 0 spiro atoms. The van der Waals surface area contributed by atoms with Gasteiger partial charge in [-0.1, -0.05) is 25.5 Å². The van der Waals surface area contributed by atoms with E-state index in [1.807, 2.05) is 27.7 Å². The molecule has 3 aliphatic rings. The van der Waals surface area contributed by atoms with Gasteiger partial charge in [-0.15, -0.1) is 0 Å². The summed E-state index contributed by atoms with van der Waals surface area (Å²) in [5.41, 5.74) is -1.87. The van der Waals surface area contributed by atoms with E-state index in [1.165, 1.54) is 0 Å². The molecule has 0 aromatic rings. The van der Waals surface area contributed by atoms with Crippen molar-refractivity contribution < 1.29 is 29.3 Å². The van der Waals surface area contributed by atoms with Gasteiger partial charge in [-0.2, -0.15) is 0 Å². The molecule has 0 radical (unpaired) electrons. The lowest BCUT2D eigenvalue weighted by Gasteiger charge is -2.58. The molecule has 1 saturated carbocycles. The molecule has 6 heteroatoms. The molecular formula is C20H28O6. The summed E-state index contributed by atoms with van der Waals surface area (Å²) in [5, 5.41) is 21.5. The molecule has 6 nitrogen and oxygen atoms in total. The predicted molar refractivity (Wildman–Crippen MR) is 93.3 cm³/mol. The number of rotatable bonds is 5. The average molecular weight is 364 g/mol. The van der Waals surface area contributed by atoms with Crippen LogP contribution in [0.25, 0.3) is 0 Å². The van der Waals surface area contributed by atoms with Crippen molar-refractivity contribution >= 4 is 17.9 Å². The van der Waals surface area contributed by atoms with Crippen LogP contribution in [0.1, 0.15) is 47.0 Å². The summed E-state index contributed by atoms with van der Waals surface area (Å²) in [6, 6.07) is 0. The number of hydrogen-bond acceptors (Lipinski definition) is 6. The van der Waals surface area contributed by atoms with Crippen LogP contribution in [0.5, 0.6) is 0 Å². The molecule has 3 rings (SSSR count). The van der Waals surface area contributed by atoms with Gasteiger partial charge in [-0.05, 0) is 50.4 Å². The van der Waals surface area contributed by atoms with Crippen LogP contribution in [0, 0.1) is 22.7 Å². The quantitative estimate of drug-likeness (QED) is 0.329. The van der Waals surface area contributed by atoms with Crippen LogP contribution in [0.15, 0.2) is 11.6 Å². The topological polar surface area (TPSA) is 104 Å². The standard InChI is InChI=1S/C20H28O6/c1-11-6-5-7-13-18(3,12(2)16(24)17(25)19(11,13)4)8-14(22)20(10-26-20)15(23)9-21/h6,9,12-14,16,22,24H,5,7-8,10H2,1-4H3/t12-,13+,14-,16-,18-,19-,20-/m1/s1. The Morgan fingerprint density at radius 1 is 1.46 bits per heavy atom. The number of aliphatic hydroxyl groups is 2. The normalized spacial score (nSPS) is 46.2. The van der Waals surface area contributed by atoms with Crippen LogP contribution in [0.2, 0.25) is 0 Å². The Kier molecular flexibility index (Phi) is 4.53. The lowest BCUT2D eigenvalue weighted by atomic mass is 9.45. The van der Waals surface area contributed by atoms with E-state index >= 15 is 0 Å². The second-order valence-corrected chi connectivity index (χ2v) is 8.70. The SMILES string of the molecule is CC1=CCC[C@@H]2[C@]1(C)C(=O)[C@H](O)[C@@H](C)[C@@]2(C)C[C@@H](O)[C@@]1(C(=O)C=O)CO1. The summed E-state index contributed by atoms with van der Waals surface area (Å²) in [5.74, 6) is -1.37. The first-order valence-electron chi connectivity index (χ1n) is 9.27. The first-order chi connectivity index (χ1) is 12.1. The van der Waals surface area contributed by atoms with Crippen LogP contribution >= 0.6 is 0 Å². The Hall–Kier alpha value is -1.37. The summed E-state index contributed by atoms with van der Waals surface area (Å²) < 4.78 is 5.19. The number of carbonyl (C=O) groups excluding carboxylic acids is 3. The number of Topliss-reactive ketones (excluding diaryl/α,β-unsaturated/α-hetero) is 2. The first-order valence-corrected chi connectivity index (χ1v) is 9.27. The van der Waals surface area contributed by atoms with Crippen LogP contribution in [0.4, 0.5) is 0 Å².